The van der Waals surface area contributed by atoms with Gasteiger partial charge in [0.1, 0.15) is 0 Å². The Hall–Kier alpha value is -0.380. The Kier molecular flexibility index (Phi) is 5.43. The second kappa shape index (κ2) is 6.87. The minimum Gasteiger partial charge on any atom is -0.395 e. The zero-order chi connectivity index (χ0) is 13.8. The average Bonchev–Trinajstić information content (AvgIpc) is 2.37. The number of piperazine rings is 1. The number of allylic oxidation sites excluding steroid dienone is 1. The zero-order valence-corrected chi connectivity index (χ0v) is 12.8. The Balaban J connectivity index is 1.87. The minimum absolute atomic E-state index is 0.284. The third-order valence-electron chi connectivity index (χ3n) is 5.05. The maximum absolute atomic E-state index is 9.07. The Labute approximate surface area is 118 Å². The van der Waals surface area contributed by atoms with E-state index in [0.717, 1.165) is 38.0 Å². The van der Waals surface area contributed by atoms with E-state index in [9.17, 15) is 0 Å². The van der Waals surface area contributed by atoms with E-state index in [1.165, 1.54) is 19.4 Å². The molecule has 1 fully saturated rings. The summed E-state index contributed by atoms with van der Waals surface area (Å²) < 4.78 is 0. The number of aliphatic hydroxyl groups excluding tert-OH is 1. The van der Waals surface area contributed by atoms with E-state index in [1.54, 1.807) is 5.57 Å². The molecule has 0 aromatic rings. The summed E-state index contributed by atoms with van der Waals surface area (Å²) in [4.78, 5) is 5.03. The van der Waals surface area contributed by atoms with Crippen LogP contribution in [0.5, 0.6) is 0 Å². The molecule has 0 aromatic carbocycles. The fourth-order valence-corrected chi connectivity index (χ4v) is 3.67. The maximum Gasteiger partial charge on any atom is 0.0558 e. The molecule has 0 aromatic heterocycles. The monoisotopic (exact) mass is 266 g/mol. The number of rotatable bonds is 4. The van der Waals surface area contributed by atoms with Crippen LogP contribution in [0.4, 0.5) is 0 Å². The molecule has 1 N–H and O–H groups in total. The third-order valence-corrected chi connectivity index (χ3v) is 5.05. The molecule has 19 heavy (non-hydrogen) atoms. The molecule has 1 heterocycles. The van der Waals surface area contributed by atoms with Crippen molar-refractivity contribution in [1.29, 1.82) is 0 Å². The summed E-state index contributed by atoms with van der Waals surface area (Å²) in [6.45, 7) is 12.7. The van der Waals surface area contributed by atoms with Crippen molar-refractivity contribution in [3.05, 3.63) is 11.6 Å². The van der Waals surface area contributed by atoms with Gasteiger partial charge in [-0.15, -0.1) is 0 Å². The highest BCUT2D eigenvalue weighted by Gasteiger charge is 2.28. The average molecular weight is 266 g/mol. The molecule has 3 heteroatoms. The maximum atomic E-state index is 9.07. The molecule has 1 saturated heterocycles. The Morgan fingerprint density at radius 3 is 2.74 bits per heavy atom. The molecule has 2 rings (SSSR count). The minimum atomic E-state index is 0.284. The lowest BCUT2D eigenvalue weighted by molar-refractivity contribution is 0.0575. The van der Waals surface area contributed by atoms with Gasteiger partial charge >= 0.3 is 0 Å². The highest BCUT2D eigenvalue weighted by Crippen LogP contribution is 2.31. The molecule has 3 unspecified atom stereocenters. The van der Waals surface area contributed by atoms with Gasteiger partial charge in [-0.3, -0.25) is 9.80 Å². The van der Waals surface area contributed by atoms with E-state index < -0.39 is 0 Å². The van der Waals surface area contributed by atoms with Crippen LogP contribution in [0.3, 0.4) is 0 Å². The molecule has 0 spiro atoms. The largest absolute Gasteiger partial charge is 0.395 e. The fraction of sp³-hybridized carbons (Fsp3) is 0.875. The van der Waals surface area contributed by atoms with Gasteiger partial charge in [0, 0.05) is 38.8 Å². The van der Waals surface area contributed by atoms with Crippen LogP contribution in [-0.4, -0.2) is 60.3 Å². The van der Waals surface area contributed by atoms with Crippen LogP contribution in [0, 0.1) is 11.8 Å². The zero-order valence-electron chi connectivity index (χ0n) is 12.8. The topological polar surface area (TPSA) is 26.7 Å². The van der Waals surface area contributed by atoms with Crippen LogP contribution in [0.2, 0.25) is 0 Å². The molecule has 0 saturated carbocycles. The van der Waals surface area contributed by atoms with Crippen molar-refractivity contribution in [2.75, 3.05) is 39.3 Å². The fourth-order valence-electron chi connectivity index (χ4n) is 3.67. The van der Waals surface area contributed by atoms with E-state index >= 15 is 0 Å². The number of nitrogens with zero attached hydrogens (tertiary/aromatic N) is 2. The van der Waals surface area contributed by atoms with Crippen LogP contribution in [0.25, 0.3) is 0 Å². The van der Waals surface area contributed by atoms with Crippen LogP contribution in [-0.2, 0) is 0 Å². The van der Waals surface area contributed by atoms with Crippen molar-refractivity contribution in [3.8, 4) is 0 Å². The Morgan fingerprint density at radius 2 is 2.11 bits per heavy atom. The molecular weight excluding hydrogens is 236 g/mol. The van der Waals surface area contributed by atoms with Crippen LogP contribution < -0.4 is 0 Å². The van der Waals surface area contributed by atoms with Crippen LogP contribution in [0.15, 0.2) is 11.6 Å². The third kappa shape index (κ3) is 3.80. The van der Waals surface area contributed by atoms with E-state index in [1.807, 2.05) is 0 Å². The van der Waals surface area contributed by atoms with E-state index in [-0.39, 0.29) is 6.61 Å². The lowest BCUT2D eigenvalue weighted by atomic mass is 9.79. The molecule has 0 amide bonds. The summed E-state index contributed by atoms with van der Waals surface area (Å²) in [7, 11) is 0. The van der Waals surface area contributed by atoms with Crippen molar-refractivity contribution >= 4 is 0 Å². The molecule has 3 nitrogen and oxygen atoms in total. The van der Waals surface area contributed by atoms with Gasteiger partial charge in [0.2, 0.25) is 0 Å². The summed E-state index contributed by atoms with van der Waals surface area (Å²) in [5.74, 6) is 1.58. The molecule has 0 radical (unpaired) electrons. The predicted molar refractivity (Wildman–Crippen MR) is 80.2 cm³/mol. The van der Waals surface area contributed by atoms with Gasteiger partial charge in [-0.2, -0.15) is 0 Å². The SMILES string of the molecule is CC1=CCCC(C)C1CN1CCN(CCO)C(C)C1. The van der Waals surface area contributed by atoms with E-state index in [0.29, 0.717) is 6.04 Å². The first kappa shape index (κ1) is 15.0. The first-order valence-electron chi connectivity index (χ1n) is 7.85. The smallest absolute Gasteiger partial charge is 0.0558 e. The Morgan fingerprint density at radius 1 is 1.32 bits per heavy atom. The lowest BCUT2D eigenvalue weighted by Crippen LogP contribution is -2.53. The molecule has 1 aliphatic heterocycles. The summed E-state index contributed by atoms with van der Waals surface area (Å²) in [6, 6.07) is 0.573. The molecule has 3 atom stereocenters. The molecule has 1 aliphatic carbocycles. The quantitative estimate of drug-likeness (QED) is 0.788. The number of aliphatic hydroxyl groups is 1. The standard InChI is InChI=1S/C16H30N2O/c1-13-5-4-6-14(2)16(13)12-17-7-8-18(9-10-19)15(3)11-17/h5,14-16,19H,4,6-12H2,1-3H3. The normalized spacial score (nSPS) is 34.3. The summed E-state index contributed by atoms with van der Waals surface area (Å²) in [5, 5.41) is 9.07. The summed E-state index contributed by atoms with van der Waals surface area (Å²) >= 11 is 0. The van der Waals surface area contributed by atoms with Crippen molar-refractivity contribution < 1.29 is 5.11 Å². The highest BCUT2D eigenvalue weighted by atomic mass is 16.3. The second-order valence-electron chi connectivity index (χ2n) is 6.48. The van der Waals surface area contributed by atoms with E-state index in [4.69, 9.17) is 5.11 Å². The Bertz CT molecular complexity index is 316. The lowest BCUT2D eigenvalue weighted by Gasteiger charge is -2.42. The van der Waals surface area contributed by atoms with Crippen molar-refractivity contribution in [3.63, 3.8) is 0 Å². The van der Waals surface area contributed by atoms with Gasteiger partial charge in [0.05, 0.1) is 6.61 Å². The van der Waals surface area contributed by atoms with Gasteiger partial charge in [-0.05, 0) is 38.5 Å². The van der Waals surface area contributed by atoms with Gasteiger partial charge < -0.3 is 5.11 Å². The summed E-state index contributed by atoms with van der Waals surface area (Å²) in [6.07, 6.45) is 5.06. The van der Waals surface area contributed by atoms with Crippen LogP contribution in [0.1, 0.15) is 33.6 Å². The van der Waals surface area contributed by atoms with Crippen LogP contribution >= 0.6 is 0 Å². The van der Waals surface area contributed by atoms with Crippen molar-refractivity contribution in [1.82, 2.24) is 9.80 Å². The molecule has 2 aliphatic rings. The molecular formula is C16H30N2O. The molecule has 0 bridgehead atoms. The number of hydrogen-bond donors (Lipinski definition) is 1. The highest BCUT2D eigenvalue weighted by molar-refractivity contribution is 5.09. The first-order chi connectivity index (χ1) is 9.11. The first-order valence-corrected chi connectivity index (χ1v) is 7.85. The van der Waals surface area contributed by atoms with Crippen molar-refractivity contribution in [2.24, 2.45) is 11.8 Å². The number of β-amino-alcohol motifs (C(OH)–C–C–N with tert-alkyl or cyclic N) is 1. The second-order valence-corrected chi connectivity index (χ2v) is 6.48. The summed E-state index contributed by atoms with van der Waals surface area (Å²) in [5.41, 5.74) is 1.60. The van der Waals surface area contributed by atoms with Gasteiger partial charge in [-0.25, -0.2) is 0 Å². The van der Waals surface area contributed by atoms with E-state index in [2.05, 4.69) is 36.6 Å². The predicted octanol–water partition coefficient (Wildman–Crippen LogP) is 1.98. The van der Waals surface area contributed by atoms with Gasteiger partial charge in [-0.1, -0.05) is 18.6 Å². The number of hydrogen-bond acceptors (Lipinski definition) is 3. The molecule has 110 valence electrons. The van der Waals surface area contributed by atoms with Gasteiger partial charge in [0.15, 0.2) is 0 Å². The van der Waals surface area contributed by atoms with Gasteiger partial charge in [0.25, 0.3) is 0 Å². The van der Waals surface area contributed by atoms with Crippen molar-refractivity contribution in [2.45, 2.75) is 39.7 Å².